The van der Waals surface area contributed by atoms with Gasteiger partial charge in [-0.15, -0.1) is 11.3 Å². The van der Waals surface area contributed by atoms with Gasteiger partial charge in [-0.3, -0.25) is 4.79 Å². The lowest BCUT2D eigenvalue weighted by Gasteiger charge is -2.09. The summed E-state index contributed by atoms with van der Waals surface area (Å²) in [6.07, 6.45) is 1.56. The number of amides is 1. The minimum atomic E-state index is -3.52. The minimum Gasteiger partial charge on any atom is -0.484 e. The smallest absolute Gasteiger partial charge is 0.336 e. The predicted octanol–water partition coefficient (Wildman–Crippen LogP) is 3.55. The molecule has 0 saturated carbocycles. The summed E-state index contributed by atoms with van der Waals surface area (Å²) in [6.45, 7) is 1.54. The average molecular weight is 471 g/mol. The van der Waals surface area contributed by atoms with Gasteiger partial charge in [-0.05, 0) is 48.9 Å². The lowest BCUT2D eigenvalue weighted by Crippen LogP contribution is -2.20. The van der Waals surface area contributed by atoms with E-state index >= 15 is 0 Å². The van der Waals surface area contributed by atoms with E-state index in [1.165, 1.54) is 41.7 Å². The molecule has 32 heavy (non-hydrogen) atoms. The van der Waals surface area contributed by atoms with Gasteiger partial charge in [0.15, 0.2) is 16.4 Å². The Kier molecular flexibility index (Phi) is 6.06. The number of ether oxygens (including phenoxy) is 1. The summed E-state index contributed by atoms with van der Waals surface area (Å²) in [6, 6.07) is 12.3. The molecule has 2 aromatic carbocycles. The second kappa shape index (κ2) is 8.93. The van der Waals surface area contributed by atoms with E-state index in [-0.39, 0.29) is 17.3 Å². The number of carbonyl (C=O) groups is 1. The number of thiazole rings is 1. The second-order valence-electron chi connectivity index (χ2n) is 6.95. The highest BCUT2D eigenvalue weighted by Crippen LogP contribution is 2.23. The van der Waals surface area contributed by atoms with E-state index in [9.17, 15) is 18.0 Å². The quantitative estimate of drug-likeness (QED) is 0.411. The molecule has 164 valence electrons. The number of fused-ring (bicyclic) bond motifs is 1. The molecule has 2 heterocycles. The Labute approximate surface area is 187 Å². The third-order valence-electron chi connectivity index (χ3n) is 4.59. The number of hydrogen-bond acceptors (Lipinski definition) is 8. The normalized spacial score (nSPS) is 11.4. The highest BCUT2D eigenvalue weighted by atomic mass is 32.2. The molecule has 10 heteroatoms. The van der Waals surface area contributed by atoms with Crippen molar-refractivity contribution in [3.8, 4) is 5.75 Å². The molecular formula is C22H18N2O6S2. The number of nitrogens with one attached hydrogen (secondary N) is 1. The zero-order valence-electron chi connectivity index (χ0n) is 16.9. The molecule has 0 bridgehead atoms. The molecule has 2 aromatic heterocycles. The lowest BCUT2D eigenvalue weighted by molar-refractivity contribution is -0.118. The number of benzene rings is 2. The van der Waals surface area contributed by atoms with Crippen molar-refractivity contribution in [2.45, 2.75) is 17.6 Å². The molecule has 0 aliphatic rings. The largest absolute Gasteiger partial charge is 0.484 e. The van der Waals surface area contributed by atoms with E-state index in [1.807, 2.05) is 6.92 Å². The molecule has 1 N–H and O–H groups in total. The number of carbonyl (C=O) groups excluding carboxylic acids is 1. The van der Waals surface area contributed by atoms with Crippen LogP contribution in [0, 0.1) is 6.92 Å². The fraction of sp³-hybridized carbons (Fsp3) is 0.136. The fourth-order valence-corrected chi connectivity index (χ4v) is 5.31. The summed E-state index contributed by atoms with van der Waals surface area (Å²) in [7, 11) is -3.52. The van der Waals surface area contributed by atoms with E-state index in [0.717, 1.165) is 10.9 Å². The molecule has 0 aliphatic carbocycles. The van der Waals surface area contributed by atoms with Crippen molar-refractivity contribution in [3.05, 3.63) is 81.1 Å². The van der Waals surface area contributed by atoms with Crippen LogP contribution in [0.2, 0.25) is 0 Å². The molecule has 0 aliphatic heterocycles. The van der Waals surface area contributed by atoms with Crippen LogP contribution in [0.1, 0.15) is 10.6 Å². The lowest BCUT2D eigenvalue weighted by atomic mass is 10.1. The van der Waals surface area contributed by atoms with Gasteiger partial charge in [-0.2, -0.15) is 0 Å². The number of sulfone groups is 1. The molecule has 0 saturated heterocycles. The first-order valence-corrected chi connectivity index (χ1v) is 12.0. The van der Waals surface area contributed by atoms with Gasteiger partial charge in [-0.25, -0.2) is 18.2 Å². The summed E-state index contributed by atoms with van der Waals surface area (Å²) in [5.41, 5.74) is 1.15. The molecule has 4 rings (SSSR count). The summed E-state index contributed by atoms with van der Waals surface area (Å²) >= 11 is 1.28. The Balaban J connectivity index is 1.37. The van der Waals surface area contributed by atoms with Crippen LogP contribution in [-0.4, -0.2) is 25.9 Å². The zero-order chi connectivity index (χ0) is 22.7. The Morgan fingerprint density at radius 1 is 1.16 bits per heavy atom. The third kappa shape index (κ3) is 5.04. The van der Waals surface area contributed by atoms with Crippen LogP contribution < -0.4 is 15.7 Å². The van der Waals surface area contributed by atoms with Gasteiger partial charge < -0.3 is 14.5 Å². The van der Waals surface area contributed by atoms with Crippen LogP contribution in [0.25, 0.3) is 11.0 Å². The third-order valence-corrected chi connectivity index (χ3v) is 7.19. The molecule has 0 spiro atoms. The maximum Gasteiger partial charge on any atom is 0.336 e. The van der Waals surface area contributed by atoms with Gasteiger partial charge in [0.25, 0.3) is 5.91 Å². The molecule has 0 radical (unpaired) electrons. The topological polar surface area (TPSA) is 116 Å². The molecular weight excluding hydrogens is 452 g/mol. The molecule has 4 aromatic rings. The van der Waals surface area contributed by atoms with Crippen molar-refractivity contribution in [1.82, 2.24) is 4.98 Å². The van der Waals surface area contributed by atoms with Gasteiger partial charge in [0.1, 0.15) is 22.1 Å². The maximum absolute atomic E-state index is 12.5. The van der Waals surface area contributed by atoms with E-state index in [4.69, 9.17) is 9.15 Å². The molecule has 8 nitrogen and oxygen atoms in total. The van der Waals surface area contributed by atoms with Crippen molar-refractivity contribution in [1.29, 1.82) is 0 Å². The van der Waals surface area contributed by atoms with Gasteiger partial charge in [0.05, 0.1) is 4.90 Å². The van der Waals surface area contributed by atoms with Gasteiger partial charge >= 0.3 is 5.63 Å². The number of rotatable bonds is 7. The van der Waals surface area contributed by atoms with Crippen molar-refractivity contribution in [3.63, 3.8) is 0 Å². The van der Waals surface area contributed by atoms with Crippen LogP contribution in [0.3, 0.4) is 0 Å². The first-order chi connectivity index (χ1) is 15.3. The van der Waals surface area contributed by atoms with Crippen LogP contribution in [0.15, 0.2) is 74.2 Å². The number of hydrogen-bond donors (Lipinski definition) is 1. The van der Waals surface area contributed by atoms with Crippen molar-refractivity contribution >= 4 is 43.7 Å². The Hall–Kier alpha value is -3.50. The second-order valence-corrected chi connectivity index (χ2v) is 9.92. The molecule has 0 atom stereocenters. The summed E-state index contributed by atoms with van der Waals surface area (Å²) < 4.78 is 35.6. The van der Waals surface area contributed by atoms with Crippen molar-refractivity contribution in [2.75, 3.05) is 11.9 Å². The molecule has 0 fully saturated rings. The van der Waals surface area contributed by atoms with Crippen LogP contribution in [0.4, 0.5) is 5.69 Å². The Morgan fingerprint density at radius 2 is 1.94 bits per heavy atom. The maximum atomic E-state index is 12.5. The zero-order valence-corrected chi connectivity index (χ0v) is 18.5. The molecule has 1 amide bonds. The standard InChI is InChI=1S/C22H18N2O6S2/c1-14-10-22(26)30-19-11-16(4-7-18(14)19)29-12-20(25)24-15-2-5-17(6-3-15)32(27,28)13-21-23-8-9-31-21/h2-11H,12-13H2,1H3,(H,24,25). The van der Waals surface area contributed by atoms with E-state index in [1.54, 1.807) is 29.8 Å². The Bertz CT molecular complexity index is 1430. The van der Waals surface area contributed by atoms with Crippen LogP contribution >= 0.6 is 11.3 Å². The first-order valence-electron chi connectivity index (χ1n) is 9.48. The molecule has 0 unspecified atom stereocenters. The van der Waals surface area contributed by atoms with E-state index < -0.39 is 21.4 Å². The highest BCUT2D eigenvalue weighted by molar-refractivity contribution is 7.90. The number of nitrogens with zero attached hydrogens (tertiary/aromatic N) is 1. The minimum absolute atomic E-state index is 0.148. The summed E-state index contributed by atoms with van der Waals surface area (Å²) in [4.78, 5) is 27.9. The van der Waals surface area contributed by atoms with Crippen LogP contribution in [-0.2, 0) is 20.4 Å². The van der Waals surface area contributed by atoms with Crippen molar-refractivity contribution < 1.29 is 22.4 Å². The Morgan fingerprint density at radius 3 is 2.66 bits per heavy atom. The number of anilines is 1. The van der Waals surface area contributed by atoms with E-state index in [0.29, 0.717) is 22.0 Å². The monoisotopic (exact) mass is 470 g/mol. The summed E-state index contributed by atoms with van der Waals surface area (Å²) in [5, 5.41) is 5.67. The fourth-order valence-electron chi connectivity index (χ4n) is 3.06. The van der Waals surface area contributed by atoms with Crippen LogP contribution in [0.5, 0.6) is 5.75 Å². The van der Waals surface area contributed by atoms with E-state index in [2.05, 4.69) is 10.3 Å². The predicted molar refractivity (Wildman–Crippen MR) is 121 cm³/mol. The van der Waals surface area contributed by atoms with Gasteiger partial charge in [0.2, 0.25) is 0 Å². The average Bonchev–Trinajstić information content (AvgIpc) is 3.24. The number of aromatic nitrogens is 1. The first kappa shape index (κ1) is 21.7. The SMILES string of the molecule is Cc1cc(=O)oc2cc(OCC(=O)Nc3ccc(S(=O)(=O)Cc4nccs4)cc3)ccc12. The summed E-state index contributed by atoms with van der Waals surface area (Å²) in [5.74, 6) is -0.213. The van der Waals surface area contributed by atoms with Gasteiger partial charge in [0, 0.05) is 34.8 Å². The highest BCUT2D eigenvalue weighted by Gasteiger charge is 2.17. The number of aryl methyl sites for hydroxylation is 1. The van der Waals surface area contributed by atoms with Crippen molar-refractivity contribution in [2.24, 2.45) is 0 Å². The van der Waals surface area contributed by atoms with Gasteiger partial charge in [-0.1, -0.05) is 0 Å².